The fourth-order valence-corrected chi connectivity index (χ4v) is 3.14. The van der Waals surface area contributed by atoms with E-state index in [0.717, 1.165) is 31.1 Å². The van der Waals surface area contributed by atoms with Gasteiger partial charge in [0.25, 0.3) is 0 Å². The Morgan fingerprint density at radius 2 is 1.88 bits per heavy atom. The SMILES string of the molecule is CC[C@H](C)NC(=O)Nc1ccc(N2CCC(CN(C)C)CC2)cc1. The molecule has 1 aromatic carbocycles. The van der Waals surface area contributed by atoms with Gasteiger partial charge in [0.2, 0.25) is 0 Å². The maximum atomic E-state index is 11.9. The molecule has 1 aromatic rings. The summed E-state index contributed by atoms with van der Waals surface area (Å²) < 4.78 is 0. The second-order valence-corrected chi connectivity index (χ2v) is 7.15. The first-order chi connectivity index (χ1) is 11.5. The number of nitrogens with one attached hydrogen (secondary N) is 2. The molecule has 0 spiro atoms. The number of piperidine rings is 1. The number of amides is 2. The van der Waals surface area contributed by atoms with Crippen LogP contribution in [0.5, 0.6) is 0 Å². The third kappa shape index (κ3) is 5.71. The van der Waals surface area contributed by atoms with Crippen LogP contribution in [0.3, 0.4) is 0 Å². The first-order valence-electron chi connectivity index (χ1n) is 9.05. The third-order valence-corrected chi connectivity index (χ3v) is 4.72. The molecular formula is C19H32N4O. The molecule has 0 aromatic heterocycles. The molecule has 2 amide bonds. The summed E-state index contributed by atoms with van der Waals surface area (Å²) in [6.45, 7) is 7.46. The van der Waals surface area contributed by atoms with Crippen LogP contribution in [0.25, 0.3) is 0 Å². The van der Waals surface area contributed by atoms with Gasteiger partial charge >= 0.3 is 6.03 Å². The monoisotopic (exact) mass is 332 g/mol. The van der Waals surface area contributed by atoms with E-state index in [1.54, 1.807) is 0 Å². The summed E-state index contributed by atoms with van der Waals surface area (Å²) in [6, 6.07) is 8.22. The number of anilines is 2. The molecule has 5 heteroatoms. The molecule has 2 N–H and O–H groups in total. The number of benzene rings is 1. The van der Waals surface area contributed by atoms with Gasteiger partial charge < -0.3 is 20.4 Å². The molecule has 2 rings (SSSR count). The normalized spacial score (nSPS) is 17.0. The lowest BCUT2D eigenvalue weighted by Gasteiger charge is -2.34. The zero-order chi connectivity index (χ0) is 17.5. The van der Waals surface area contributed by atoms with Crippen molar-refractivity contribution >= 4 is 17.4 Å². The Labute approximate surface area is 146 Å². The molecule has 1 fully saturated rings. The van der Waals surface area contributed by atoms with E-state index in [1.165, 1.54) is 25.1 Å². The second kappa shape index (κ2) is 8.92. The molecule has 0 aliphatic carbocycles. The van der Waals surface area contributed by atoms with Crippen molar-refractivity contribution in [2.75, 3.05) is 43.9 Å². The smallest absolute Gasteiger partial charge is 0.319 e. The number of nitrogens with zero attached hydrogens (tertiary/aromatic N) is 2. The average molecular weight is 332 g/mol. The van der Waals surface area contributed by atoms with Crippen molar-refractivity contribution in [3.8, 4) is 0 Å². The molecule has 1 aliphatic heterocycles. The number of carbonyl (C=O) groups excluding carboxylic acids is 1. The van der Waals surface area contributed by atoms with Crippen molar-refractivity contribution in [2.45, 2.75) is 39.2 Å². The predicted molar refractivity (Wildman–Crippen MR) is 102 cm³/mol. The van der Waals surface area contributed by atoms with Gasteiger partial charge in [0.15, 0.2) is 0 Å². The number of carbonyl (C=O) groups is 1. The Morgan fingerprint density at radius 3 is 2.42 bits per heavy atom. The number of rotatable bonds is 6. The molecule has 1 saturated heterocycles. The average Bonchev–Trinajstić information content (AvgIpc) is 2.55. The van der Waals surface area contributed by atoms with Crippen LogP contribution in [0.4, 0.5) is 16.2 Å². The Bertz CT molecular complexity index is 507. The molecule has 1 heterocycles. The summed E-state index contributed by atoms with van der Waals surface area (Å²) >= 11 is 0. The van der Waals surface area contributed by atoms with Crippen LogP contribution < -0.4 is 15.5 Å². The first-order valence-corrected chi connectivity index (χ1v) is 9.05. The number of hydrogen-bond acceptors (Lipinski definition) is 3. The van der Waals surface area contributed by atoms with Crippen molar-refractivity contribution in [3.63, 3.8) is 0 Å². The van der Waals surface area contributed by atoms with Gasteiger partial charge in [-0.25, -0.2) is 4.79 Å². The molecule has 5 nitrogen and oxygen atoms in total. The van der Waals surface area contributed by atoms with E-state index >= 15 is 0 Å². The lowest BCUT2D eigenvalue weighted by molar-refractivity contribution is 0.249. The predicted octanol–water partition coefficient (Wildman–Crippen LogP) is 3.38. The number of hydrogen-bond donors (Lipinski definition) is 2. The Balaban J connectivity index is 1.83. The molecular weight excluding hydrogens is 300 g/mol. The zero-order valence-corrected chi connectivity index (χ0v) is 15.5. The highest BCUT2D eigenvalue weighted by Gasteiger charge is 2.19. The van der Waals surface area contributed by atoms with E-state index < -0.39 is 0 Å². The maximum Gasteiger partial charge on any atom is 0.319 e. The molecule has 1 aliphatic rings. The van der Waals surface area contributed by atoms with Crippen molar-refractivity contribution in [2.24, 2.45) is 5.92 Å². The van der Waals surface area contributed by atoms with Crippen molar-refractivity contribution in [3.05, 3.63) is 24.3 Å². The van der Waals surface area contributed by atoms with E-state index in [0.29, 0.717) is 0 Å². The highest BCUT2D eigenvalue weighted by Crippen LogP contribution is 2.24. The topological polar surface area (TPSA) is 47.6 Å². The van der Waals surface area contributed by atoms with Crippen LogP contribution in [0.2, 0.25) is 0 Å². The Morgan fingerprint density at radius 1 is 1.25 bits per heavy atom. The summed E-state index contributed by atoms with van der Waals surface area (Å²) in [4.78, 5) is 16.6. The van der Waals surface area contributed by atoms with Crippen LogP contribution in [0.1, 0.15) is 33.1 Å². The van der Waals surface area contributed by atoms with Gasteiger partial charge in [-0.15, -0.1) is 0 Å². The minimum atomic E-state index is -0.137. The van der Waals surface area contributed by atoms with Gasteiger partial charge in [0, 0.05) is 37.1 Å². The Kier molecular flexibility index (Phi) is 6.91. The highest BCUT2D eigenvalue weighted by atomic mass is 16.2. The minimum Gasteiger partial charge on any atom is -0.372 e. The number of urea groups is 1. The minimum absolute atomic E-state index is 0.137. The van der Waals surface area contributed by atoms with Gasteiger partial charge in [-0.1, -0.05) is 6.92 Å². The van der Waals surface area contributed by atoms with E-state index in [1.807, 2.05) is 19.1 Å². The summed E-state index contributed by atoms with van der Waals surface area (Å²) in [5.74, 6) is 0.807. The van der Waals surface area contributed by atoms with Gasteiger partial charge in [-0.2, -0.15) is 0 Å². The van der Waals surface area contributed by atoms with Crippen LogP contribution >= 0.6 is 0 Å². The summed E-state index contributed by atoms with van der Waals surface area (Å²) in [6.07, 6.45) is 3.42. The molecule has 24 heavy (non-hydrogen) atoms. The molecule has 0 unspecified atom stereocenters. The summed E-state index contributed by atoms with van der Waals surface area (Å²) in [7, 11) is 4.30. The van der Waals surface area contributed by atoms with Gasteiger partial charge in [0.05, 0.1) is 0 Å². The molecule has 0 bridgehead atoms. The van der Waals surface area contributed by atoms with E-state index in [2.05, 4.69) is 53.6 Å². The van der Waals surface area contributed by atoms with Crippen LogP contribution in [-0.4, -0.2) is 50.7 Å². The standard InChI is InChI=1S/C19H32N4O/c1-5-15(2)20-19(24)21-17-6-8-18(9-7-17)23-12-10-16(11-13-23)14-22(3)4/h6-9,15-16H,5,10-14H2,1-4H3,(H2,20,21,24)/t15-/m0/s1. The van der Waals surface area contributed by atoms with Crippen molar-refractivity contribution < 1.29 is 4.79 Å². The van der Waals surface area contributed by atoms with Crippen LogP contribution in [0, 0.1) is 5.92 Å². The maximum absolute atomic E-state index is 11.9. The molecule has 134 valence electrons. The van der Waals surface area contributed by atoms with Gasteiger partial charge in [0.1, 0.15) is 0 Å². The van der Waals surface area contributed by atoms with E-state index in [-0.39, 0.29) is 12.1 Å². The fraction of sp³-hybridized carbons (Fsp3) is 0.632. The van der Waals surface area contributed by atoms with Gasteiger partial charge in [-0.3, -0.25) is 0 Å². The summed E-state index contributed by atoms with van der Waals surface area (Å²) in [5, 5.41) is 5.80. The lowest BCUT2D eigenvalue weighted by atomic mass is 9.96. The largest absolute Gasteiger partial charge is 0.372 e. The third-order valence-electron chi connectivity index (χ3n) is 4.72. The van der Waals surface area contributed by atoms with E-state index in [9.17, 15) is 4.79 Å². The highest BCUT2D eigenvalue weighted by molar-refractivity contribution is 5.89. The van der Waals surface area contributed by atoms with Crippen LogP contribution in [0.15, 0.2) is 24.3 Å². The summed E-state index contributed by atoms with van der Waals surface area (Å²) in [5.41, 5.74) is 2.08. The Hall–Kier alpha value is -1.75. The van der Waals surface area contributed by atoms with Crippen LogP contribution in [-0.2, 0) is 0 Å². The lowest BCUT2D eigenvalue weighted by Crippen LogP contribution is -2.37. The molecule has 0 saturated carbocycles. The fourth-order valence-electron chi connectivity index (χ4n) is 3.14. The quantitative estimate of drug-likeness (QED) is 0.839. The second-order valence-electron chi connectivity index (χ2n) is 7.15. The zero-order valence-electron chi connectivity index (χ0n) is 15.5. The molecule has 1 atom stereocenters. The van der Waals surface area contributed by atoms with Crippen molar-refractivity contribution in [1.29, 1.82) is 0 Å². The van der Waals surface area contributed by atoms with E-state index in [4.69, 9.17) is 0 Å². The first kappa shape index (κ1) is 18.6. The molecule has 0 radical (unpaired) electrons. The van der Waals surface area contributed by atoms with Crippen molar-refractivity contribution in [1.82, 2.24) is 10.2 Å². The van der Waals surface area contributed by atoms with Gasteiger partial charge in [-0.05, 0) is 70.5 Å².